The predicted octanol–water partition coefficient (Wildman–Crippen LogP) is 1.93. The summed E-state index contributed by atoms with van der Waals surface area (Å²) in [6, 6.07) is 8.84. The van der Waals surface area contributed by atoms with E-state index in [9.17, 15) is 15.0 Å². The molecule has 0 saturated heterocycles. The average molecular weight is 245 g/mol. The number of hydrogen-bond acceptors (Lipinski definition) is 3. The highest BCUT2D eigenvalue weighted by atomic mass is 16.3. The van der Waals surface area contributed by atoms with Crippen LogP contribution in [0.15, 0.2) is 30.3 Å². The highest BCUT2D eigenvalue weighted by Crippen LogP contribution is 2.30. The third-order valence-electron chi connectivity index (χ3n) is 2.79. The summed E-state index contributed by atoms with van der Waals surface area (Å²) in [5.41, 5.74) is 1.07. The van der Waals surface area contributed by atoms with Gasteiger partial charge < -0.3 is 15.5 Å². The Hall–Kier alpha value is -2.23. The molecular weight excluding hydrogens is 230 g/mol. The summed E-state index contributed by atoms with van der Waals surface area (Å²) in [5, 5.41) is 23.3. The normalized spacial score (nSPS) is 10.5. The summed E-state index contributed by atoms with van der Waals surface area (Å²) in [7, 11) is 0. The SMILES string of the molecule is CC(=O)NCCc1ccc2cc(O)c(O)cc2c1. The molecule has 18 heavy (non-hydrogen) atoms. The van der Waals surface area contributed by atoms with Crippen molar-refractivity contribution in [2.75, 3.05) is 6.54 Å². The van der Waals surface area contributed by atoms with E-state index in [4.69, 9.17) is 0 Å². The lowest BCUT2D eigenvalue weighted by atomic mass is 10.0. The Kier molecular flexibility index (Phi) is 3.37. The molecule has 2 aromatic rings. The Labute approximate surface area is 105 Å². The van der Waals surface area contributed by atoms with E-state index >= 15 is 0 Å². The first-order valence-electron chi connectivity index (χ1n) is 5.75. The lowest BCUT2D eigenvalue weighted by Gasteiger charge is -2.06. The number of nitrogens with one attached hydrogen (secondary N) is 1. The van der Waals surface area contributed by atoms with Crippen molar-refractivity contribution in [3.63, 3.8) is 0 Å². The van der Waals surface area contributed by atoms with Crippen molar-refractivity contribution in [3.05, 3.63) is 35.9 Å². The maximum absolute atomic E-state index is 10.8. The molecule has 0 atom stereocenters. The van der Waals surface area contributed by atoms with E-state index in [0.29, 0.717) is 6.54 Å². The van der Waals surface area contributed by atoms with Gasteiger partial charge >= 0.3 is 0 Å². The van der Waals surface area contributed by atoms with Crippen molar-refractivity contribution in [2.24, 2.45) is 0 Å². The number of phenols is 2. The van der Waals surface area contributed by atoms with Crippen LogP contribution in [0, 0.1) is 0 Å². The highest BCUT2D eigenvalue weighted by Gasteiger charge is 2.03. The molecule has 2 rings (SSSR count). The molecule has 0 spiro atoms. The summed E-state index contributed by atoms with van der Waals surface area (Å²) in [6.45, 7) is 2.08. The molecular formula is C14H15NO3. The van der Waals surface area contributed by atoms with Crippen LogP contribution < -0.4 is 5.32 Å². The Bertz CT molecular complexity index is 593. The summed E-state index contributed by atoms with van der Waals surface area (Å²) < 4.78 is 0. The molecule has 94 valence electrons. The van der Waals surface area contributed by atoms with Gasteiger partial charge in [-0.3, -0.25) is 4.79 Å². The topological polar surface area (TPSA) is 69.6 Å². The fourth-order valence-electron chi connectivity index (χ4n) is 1.86. The summed E-state index contributed by atoms with van der Waals surface area (Å²) in [6.07, 6.45) is 0.733. The van der Waals surface area contributed by atoms with Crippen LogP contribution in [-0.2, 0) is 11.2 Å². The van der Waals surface area contributed by atoms with Crippen LogP contribution in [-0.4, -0.2) is 22.7 Å². The highest BCUT2D eigenvalue weighted by molar-refractivity contribution is 5.86. The minimum Gasteiger partial charge on any atom is -0.504 e. The molecule has 0 aliphatic rings. The van der Waals surface area contributed by atoms with E-state index in [1.807, 2.05) is 18.2 Å². The number of amides is 1. The molecule has 0 aliphatic heterocycles. The fourth-order valence-corrected chi connectivity index (χ4v) is 1.86. The van der Waals surface area contributed by atoms with E-state index in [0.717, 1.165) is 22.8 Å². The van der Waals surface area contributed by atoms with Crippen LogP contribution in [0.25, 0.3) is 10.8 Å². The second-order valence-electron chi connectivity index (χ2n) is 4.26. The van der Waals surface area contributed by atoms with E-state index in [-0.39, 0.29) is 17.4 Å². The van der Waals surface area contributed by atoms with E-state index in [1.165, 1.54) is 19.1 Å². The average Bonchev–Trinajstić information content (AvgIpc) is 2.30. The standard InChI is InChI=1S/C14H15NO3/c1-9(16)15-5-4-10-2-3-11-7-13(17)14(18)8-12(11)6-10/h2-3,6-8,17-18H,4-5H2,1H3,(H,15,16). The lowest BCUT2D eigenvalue weighted by molar-refractivity contribution is -0.118. The second kappa shape index (κ2) is 4.96. The van der Waals surface area contributed by atoms with Crippen molar-refractivity contribution >= 4 is 16.7 Å². The Morgan fingerprint density at radius 1 is 1.11 bits per heavy atom. The Balaban J connectivity index is 2.21. The predicted molar refractivity (Wildman–Crippen MR) is 69.7 cm³/mol. The van der Waals surface area contributed by atoms with E-state index < -0.39 is 0 Å². The van der Waals surface area contributed by atoms with Gasteiger partial charge in [0.2, 0.25) is 5.91 Å². The van der Waals surface area contributed by atoms with Crippen LogP contribution >= 0.6 is 0 Å². The van der Waals surface area contributed by atoms with Gasteiger partial charge in [-0.05, 0) is 34.9 Å². The first kappa shape index (κ1) is 12.2. The van der Waals surface area contributed by atoms with Crippen LogP contribution in [0.4, 0.5) is 0 Å². The number of carbonyl (C=O) groups is 1. The fraction of sp³-hybridized carbons (Fsp3) is 0.214. The number of phenolic OH excluding ortho intramolecular Hbond substituents is 2. The Morgan fingerprint density at radius 2 is 1.78 bits per heavy atom. The quantitative estimate of drug-likeness (QED) is 0.724. The van der Waals surface area contributed by atoms with Gasteiger partial charge in [-0.1, -0.05) is 18.2 Å². The zero-order chi connectivity index (χ0) is 13.1. The van der Waals surface area contributed by atoms with Crippen molar-refractivity contribution in [3.8, 4) is 11.5 Å². The molecule has 4 heteroatoms. The minimum absolute atomic E-state index is 0.0432. The summed E-state index contributed by atoms with van der Waals surface area (Å²) in [4.78, 5) is 10.8. The third kappa shape index (κ3) is 2.71. The van der Waals surface area contributed by atoms with Gasteiger partial charge in [0.25, 0.3) is 0 Å². The molecule has 0 unspecified atom stereocenters. The van der Waals surface area contributed by atoms with Crippen molar-refractivity contribution in [1.29, 1.82) is 0 Å². The maximum Gasteiger partial charge on any atom is 0.216 e. The molecule has 0 saturated carbocycles. The van der Waals surface area contributed by atoms with E-state index in [2.05, 4.69) is 5.32 Å². The van der Waals surface area contributed by atoms with E-state index in [1.54, 1.807) is 0 Å². The molecule has 0 aliphatic carbocycles. The van der Waals surface area contributed by atoms with Gasteiger partial charge in [0.1, 0.15) is 0 Å². The van der Waals surface area contributed by atoms with Gasteiger partial charge in [0.15, 0.2) is 11.5 Å². The molecule has 0 fully saturated rings. The van der Waals surface area contributed by atoms with Crippen molar-refractivity contribution in [1.82, 2.24) is 5.32 Å². The number of rotatable bonds is 3. The van der Waals surface area contributed by atoms with Gasteiger partial charge in [-0.2, -0.15) is 0 Å². The zero-order valence-electron chi connectivity index (χ0n) is 10.1. The maximum atomic E-state index is 10.8. The number of carbonyl (C=O) groups excluding carboxylic acids is 1. The lowest BCUT2D eigenvalue weighted by Crippen LogP contribution is -2.22. The summed E-state index contributed by atoms with van der Waals surface area (Å²) >= 11 is 0. The largest absolute Gasteiger partial charge is 0.504 e. The first-order chi connectivity index (χ1) is 8.56. The molecule has 1 amide bonds. The molecule has 0 bridgehead atoms. The van der Waals surface area contributed by atoms with Gasteiger partial charge in [0.05, 0.1) is 0 Å². The second-order valence-corrected chi connectivity index (χ2v) is 4.26. The molecule has 0 aromatic heterocycles. The molecule has 0 heterocycles. The number of hydrogen-bond donors (Lipinski definition) is 3. The number of aromatic hydroxyl groups is 2. The summed E-state index contributed by atoms with van der Waals surface area (Å²) in [5.74, 6) is -0.284. The minimum atomic E-state index is -0.124. The smallest absolute Gasteiger partial charge is 0.216 e. The molecule has 0 radical (unpaired) electrons. The molecule has 4 nitrogen and oxygen atoms in total. The molecule has 2 aromatic carbocycles. The monoisotopic (exact) mass is 245 g/mol. The first-order valence-corrected chi connectivity index (χ1v) is 5.75. The number of fused-ring (bicyclic) bond motifs is 1. The van der Waals surface area contributed by atoms with Crippen molar-refractivity contribution in [2.45, 2.75) is 13.3 Å². The van der Waals surface area contributed by atoms with Gasteiger partial charge in [0, 0.05) is 13.5 Å². The zero-order valence-corrected chi connectivity index (χ0v) is 10.1. The van der Waals surface area contributed by atoms with Crippen LogP contribution in [0.3, 0.4) is 0 Å². The van der Waals surface area contributed by atoms with Gasteiger partial charge in [-0.25, -0.2) is 0 Å². The van der Waals surface area contributed by atoms with Crippen LogP contribution in [0.2, 0.25) is 0 Å². The number of benzene rings is 2. The van der Waals surface area contributed by atoms with Crippen LogP contribution in [0.1, 0.15) is 12.5 Å². The van der Waals surface area contributed by atoms with Crippen molar-refractivity contribution < 1.29 is 15.0 Å². The third-order valence-corrected chi connectivity index (χ3v) is 2.79. The molecule has 3 N–H and O–H groups in total. The Morgan fingerprint density at radius 3 is 2.44 bits per heavy atom. The van der Waals surface area contributed by atoms with Crippen LogP contribution in [0.5, 0.6) is 11.5 Å². The van der Waals surface area contributed by atoms with Gasteiger partial charge in [-0.15, -0.1) is 0 Å².